The van der Waals surface area contributed by atoms with Crippen LogP contribution in [0.2, 0.25) is 0 Å². The van der Waals surface area contributed by atoms with Gasteiger partial charge in [-0.2, -0.15) is 0 Å². The van der Waals surface area contributed by atoms with Crippen molar-refractivity contribution in [3.63, 3.8) is 0 Å². The van der Waals surface area contributed by atoms with Crippen molar-refractivity contribution in [1.29, 1.82) is 0 Å². The van der Waals surface area contributed by atoms with Gasteiger partial charge in [-0.05, 0) is 32.4 Å². The number of fused-ring (bicyclic) bond motifs is 3. The van der Waals surface area contributed by atoms with Gasteiger partial charge in [0.05, 0.1) is 12.1 Å². The lowest BCUT2D eigenvalue weighted by atomic mass is 10.1. The van der Waals surface area contributed by atoms with E-state index in [4.69, 9.17) is 4.74 Å². The number of carbonyl (C=O) groups is 1. The van der Waals surface area contributed by atoms with Gasteiger partial charge in [0.25, 0.3) is 0 Å². The Kier molecular flexibility index (Phi) is 2.93. The number of benzene rings is 1. The largest absolute Gasteiger partial charge is 0.461 e. The maximum Gasteiger partial charge on any atom is 0.359 e. The third kappa shape index (κ3) is 1.76. The molecular weight excluding hydrogens is 252 g/mol. The second-order valence-electron chi connectivity index (χ2n) is 4.81. The third-order valence-corrected chi connectivity index (χ3v) is 3.61. The molecule has 4 heteroatoms. The Morgan fingerprint density at radius 3 is 2.80 bits per heavy atom. The Bertz CT molecular complexity index is 818. The van der Waals surface area contributed by atoms with E-state index in [0.717, 1.165) is 33.1 Å². The zero-order valence-electron chi connectivity index (χ0n) is 11.8. The number of aryl methyl sites for hydroxylation is 2. The molecule has 1 N–H and O–H groups in total. The first-order valence-corrected chi connectivity index (χ1v) is 6.68. The summed E-state index contributed by atoms with van der Waals surface area (Å²) in [7, 11) is 0. The molecule has 0 fully saturated rings. The molecule has 0 amide bonds. The molecular formula is C16H16N2O2. The Hall–Kier alpha value is -2.36. The summed E-state index contributed by atoms with van der Waals surface area (Å²) in [6, 6.07) is 8.01. The molecule has 0 saturated carbocycles. The van der Waals surface area contributed by atoms with E-state index >= 15 is 0 Å². The van der Waals surface area contributed by atoms with Crippen molar-refractivity contribution >= 4 is 27.8 Å². The van der Waals surface area contributed by atoms with Crippen molar-refractivity contribution in [3.05, 3.63) is 41.2 Å². The average molecular weight is 268 g/mol. The molecule has 1 aromatic carbocycles. The minimum Gasteiger partial charge on any atom is -0.461 e. The number of H-pyrrole nitrogens is 1. The van der Waals surface area contributed by atoms with Crippen LogP contribution in [0.3, 0.4) is 0 Å². The van der Waals surface area contributed by atoms with E-state index in [0.29, 0.717) is 12.3 Å². The van der Waals surface area contributed by atoms with Crippen LogP contribution in [0.15, 0.2) is 24.3 Å². The Balaban J connectivity index is 2.42. The van der Waals surface area contributed by atoms with Gasteiger partial charge in [0.2, 0.25) is 0 Å². The molecule has 0 aliphatic rings. The molecule has 0 atom stereocenters. The number of esters is 1. The maximum atomic E-state index is 12.1. The minimum absolute atomic E-state index is 0.342. The van der Waals surface area contributed by atoms with Crippen LogP contribution in [-0.4, -0.2) is 22.5 Å². The number of nitrogens with zero attached hydrogens (tertiary/aromatic N) is 1. The van der Waals surface area contributed by atoms with Crippen LogP contribution in [0.5, 0.6) is 0 Å². The first-order valence-electron chi connectivity index (χ1n) is 6.68. The summed E-state index contributed by atoms with van der Waals surface area (Å²) in [6.45, 7) is 6.08. The number of pyridine rings is 1. The van der Waals surface area contributed by atoms with Gasteiger partial charge in [0, 0.05) is 22.0 Å². The number of hydrogen-bond acceptors (Lipinski definition) is 3. The lowest BCUT2D eigenvalue weighted by molar-refractivity contribution is 0.0521. The first-order chi connectivity index (χ1) is 9.63. The molecule has 4 nitrogen and oxygen atoms in total. The predicted octanol–water partition coefficient (Wildman–Crippen LogP) is 3.51. The Morgan fingerprint density at radius 2 is 2.05 bits per heavy atom. The molecule has 0 unspecified atom stereocenters. The van der Waals surface area contributed by atoms with E-state index in [1.165, 1.54) is 0 Å². The van der Waals surface area contributed by atoms with Gasteiger partial charge < -0.3 is 9.72 Å². The fourth-order valence-electron chi connectivity index (χ4n) is 2.54. The highest BCUT2D eigenvalue weighted by Gasteiger charge is 2.19. The van der Waals surface area contributed by atoms with Crippen molar-refractivity contribution in [2.75, 3.05) is 6.61 Å². The molecule has 0 spiro atoms. The van der Waals surface area contributed by atoms with Crippen LogP contribution in [0.4, 0.5) is 0 Å². The zero-order valence-corrected chi connectivity index (χ0v) is 11.8. The lowest BCUT2D eigenvalue weighted by Gasteiger charge is -2.07. The van der Waals surface area contributed by atoms with Crippen LogP contribution in [0.1, 0.15) is 28.7 Å². The number of carbonyl (C=O) groups excluding carboxylic acids is 1. The predicted molar refractivity (Wildman–Crippen MR) is 79.0 cm³/mol. The number of nitrogens with one attached hydrogen (secondary N) is 1. The molecule has 2 heterocycles. The summed E-state index contributed by atoms with van der Waals surface area (Å²) in [4.78, 5) is 19.8. The number of rotatable bonds is 2. The van der Waals surface area contributed by atoms with Crippen molar-refractivity contribution in [3.8, 4) is 0 Å². The zero-order chi connectivity index (χ0) is 14.3. The number of hydrogen-bond donors (Lipinski definition) is 1. The summed E-state index contributed by atoms with van der Waals surface area (Å²) in [6.07, 6.45) is 0. The highest BCUT2D eigenvalue weighted by molar-refractivity contribution is 6.14. The van der Waals surface area contributed by atoms with Crippen LogP contribution in [-0.2, 0) is 4.74 Å². The van der Waals surface area contributed by atoms with Gasteiger partial charge in [-0.1, -0.05) is 18.2 Å². The summed E-state index contributed by atoms with van der Waals surface area (Å²) in [5.74, 6) is -0.382. The Morgan fingerprint density at radius 1 is 1.30 bits per heavy atom. The molecule has 2 aromatic heterocycles. The highest BCUT2D eigenvalue weighted by Crippen LogP contribution is 2.31. The number of ether oxygens (including phenoxy) is 1. The van der Waals surface area contributed by atoms with Crippen LogP contribution in [0.25, 0.3) is 21.8 Å². The smallest absolute Gasteiger partial charge is 0.359 e. The van der Waals surface area contributed by atoms with E-state index in [1.54, 1.807) is 6.92 Å². The van der Waals surface area contributed by atoms with Gasteiger partial charge in [0.1, 0.15) is 0 Å². The number of aromatic nitrogens is 2. The fourth-order valence-corrected chi connectivity index (χ4v) is 2.54. The molecule has 102 valence electrons. The van der Waals surface area contributed by atoms with Crippen LogP contribution < -0.4 is 0 Å². The van der Waals surface area contributed by atoms with E-state index in [-0.39, 0.29) is 5.97 Å². The molecule has 3 rings (SSSR count). The normalized spacial score (nSPS) is 11.2. The molecule has 0 bridgehead atoms. The van der Waals surface area contributed by atoms with E-state index < -0.39 is 0 Å². The van der Waals surface area contributed by atoms with Crippen LogP contribution >= 0.6 is 0 Å². The van der Waals surface area contributed by atoms with Gasteiger partial charge in [-0.3, -0.25) is 0 Å². The lowest BCUT2D eigenvalue weighted by Crippen LogP contribution is -2.09. The maximum absolute atomic E-state index is 12.1. The van der Waals surface area contributed by atoms with Crippen LogP contribution in [0, 0.1) is 13.8 Å². The topological polar surface area (TPSA) is 55.0 Å². The third-order valence-electron chi connectivity index (χ3n) is 3.61. The van der Waals surface area contributed by atoms with Crippen molar-refractivity contribution in [1.82, 2.24) is 9.97 Å². The molecule has 0 radical (unpaired) electrons. The summed E-state index contributed by atoms with van der Waals surface area (Å²) in [5, 5.41) is 2.16. The minimum atomic E-state index is -0.382. The van der Waals surface area contributed by atoms with Gasteiger partial charge in [-0.15, -0.1) is 0 Å². The average Bonchev–Trinajstić information content (AvgIpc) is 2.82. The van der Waals surface area contributed by atoms with Gasteiger partial charge in [-0.25, -0.2) is 9.78 Å². The summed E-state index contributed by atoms with van der Waals surface area (Å²) >= 11 is 0. The quantitative estimate of drug-likeness (QED) is 0.723. The second-order valence-corrected chi connectivity index (χ2v) is 4.81. The molecule has 3 aromatic rings. The van der Waals surface area contributed by atoms with Crippen molar-refractivity contribution in [2.24, 2.45) is 0 Å². The van der Waals surface area contributed by atoms with Gasteiger partial charge in [0.15, 0.2) is 5.69 Å². The molecule has 20 heavy (non-hydrogen) atoms. The second kappa shape index (κ2) is 4.63. The Labute approximate surface area is 116 Å². The standard InChI is InChI=1S/C16H16N2O2/c1-4-20-16(19)15-14-13(9(2)10(3)17-15)11-7-5-6-8-12(11)18-14/h5-8,18H,4H2,1-3H3. The number of para-hydroxylation sites is 1. The summed E-state index contributed by atoms with van der Waals surface area (Å²) in [5.41, 5.74) is 4.06. The highest BCUT2D eigenvalue weighted by atomic mass is 16.5. The monoisotopic (exact) mass is 268 g/mol. The SMILES string of the molecule is CCOC(=O)c1nc(C)c(C)c2c1[nH]c1ccccc12. The first kappa shape index (κ1) is 12.7. The molecule has 0 saturated heterocycles. The van der Waals surface area contributed by atoms with Crippen molar-refractivity contribution in [2.45, 2.75) is 20.8 Å². The van der Waals surface area contributed by atoms with E-state index in [1.807, 2.05) is 32.0 Å². The molecule has 0 aliphatic carbocycles. The summed E-state index contributed by atoms with van der Waals surface area (Å²) < 4.78 is 5.11. The number of aromatic amines is 1. The van der Waals surface area contributed by atoms with E-state index in [9.17, 15) is 4.79 Å². The van der Waals surface area contributed by atoms with E-state index in [2.05, 4.69) is 16.0 Å². The fraction of sp³-hybridized carbons (Fsp3) is 0.250. The van der Waals surface area contributed by atoms with Crippen molar-refractivity contribution < 1.29 is 9.53 Å². The van der Waals surface area contributed by atoms with Gasteiger partial charge >= 0.3 is 5.97 Å². The molecule has 0 aliphatic heterocycles.